The molecule has 1 aromatic carbocycles. The lowest BCUT2D eigenvalue weighted by Gasteiger charge is -2.21. The van der Waals surface area contributed by atoms with Gasteiger partial charge in [-0.2, -0.15) is 13.2 Å². The van der Waals surface area contributed by atoms with E-state index in [0.29, 0.717) is 13.0 Å². The van der Waals surface area contributed by atoms with Crippen LogP contribution in [0.5, 0.6) is 0 Å². The van der Waals surface area contributed by atoms with Crippen LogP contribution in [0.4, 0.5) is 22.0 Å². The van der Waals surface area contributed by atoms with Gasteiger partial charge < -0.3 is 5.32 Å². The van der Waals surface area contributed by atoms with Gasteiger partial charge in [0.1, 0.15) is 11.6 Å². The van der Waals surface area contributed by atoms with Crippen molar-refractivity contribution in [1.82, 2.24) is 5.32 Å². The summed E-state index contributed by atoms with van der Waals surface area (Å²) < 4.78 is 64.2. The third-order valence-corrected chi connectivity index (χ3v) is 3.01. The Labute approximate surface area is 115 Å². The number of halogens is 5. The molecule has 1 atom stereocenters. The molecular formula is C14H18F5N. The van der Waals surface area contributed by atoms with Crippen molar-refractivity contribution >= 4 is 0 Å². The first-order valence-electron chi connectivity index (χ1n) is 6.50. The van der Waals surface area contributed by atoms with E-state index in [1.165, 1.54) is 6.92 Å². The van der Waals surface area contributed by atoms with Gasteiger partial charge in [0, 0.05) is 18.0 Å². The lowest BCUT2D eigenvalue weighted by atomic mass is 9.99. The van der Waals surface area contributed by atoms with Crippen molar-refractivity contribution in [1.29, 1.82) is 0 Å². The van der Waals surface area contributed by atoms with E-state index in [2.05, 4.69) is 5.32 Å². The molecule has 0 aliphatic rings. The fourth-order valence-electron chi connectivity index (χ4n) is 1.92. The van der Waals surface area contributed by atoms with E-state index in [9.17, 15) is 22.0 Å². The molecule has 1 nitrogen and oxygen atoms in total. The summed E-state index contributed by atoms with van der Waals surface area (Å²) >= 11 is 0. The van der Waals surface area contributed by atoms with Gasteiger partial charge in [0.2, 0.25) is 0 Å². The van der Waals surface area contributed by atoms with E-state index in [0.717, 1.165) is 12.1 Å². The highest BCUT2D eigenvalue weighted by Crippen LogP contribution is 2.29. The van der Waals surface area contributed by atoms with Gasteiger partial charge in [-0.1, -0.05) is 6.92 Å². The average molecular weight is 295 g/mol. The minimum atomic E-state index is -4.31. The number of hydrogen-bond acceptors (Lipinski definition) is 1. The summed E-state index contributed by atoms with van der Waals surface area (Å²) in [5.74, 6) is -1.30. The molecule has 1 N–H and O–H groups in total. The van der Waals surface area contributed by atoms with Gasteiger partial charge in [-0.3, -0.25) is 0 Å². The van der Waals surface area contributed by atoms with Crippen molar-refractivity contribution in [2.45, 2.75) is 45.3 Å². The van der Waals surface area contributed by atoms with Gasteiger partial charge in [-0.05, 0) is 44.0 Å². The van der Waals surface area contributed by atoms with Crippen LogP contribution >= 0.6 is 0 Å². The lowest BCUT2D eigenvalue weighted by molar-refractivity contribution is -0.136. The summed E-state index contributed by atoms with van der Waals surface area (Å²) in [6.45, 7) is 3.70. The quantitative estimate of drug-likeness (QED) is 0.753. The zero-order chi connectivity index (χ0) is 15.3. The Morgan fingerprint density at radius 3 is 2.35 bits per heavy atom. The number of benzene rings is 1. The highest BCUT2D eigenvalue weighted by molar-refractivity contribution is 5.27. The van der Waals surface area contributed by atoms with Crippen LogP contribution in [0.3, 0.4) is 0 Å². The SMILES string of the molecule is CCCNC(CCC(F)(F)F)c1cc(F)c(C)cc1F. The summed E-state index contributed by atoms with van der Waals surface area (Å²) in [5, 5.41) is 2.84. The summed E-state index contributed by atoms with van der Waals surface area (Å²) in [6, 6.07) is 1.15. The van der Waals surface area contributed by atoms with Crippen LogP contribution in [0, 0.1) is 18.6 Å². The Morgan fingerprint density at radius 2 is 1.80 bits per heavy atom. The highest BCUT2D eigenvalue weighted by atomic mass is 19.4. The second kappa shape index (κ2) is 7.02. The number of nitrogens with one attached hydrogen (secondary N) is 1. The first-order chi connectivity index (χ1) is 9.24. The fourth-order valence-corrected chi connectivity index (χ4v) is 1.92. The molecule has 6 heteroatoms. The first kappa shape index (κ1) is 16.9. The molecule has 0 spiro atoms. The number of aryl methyl sites for hydroxylation is 1. The molecule has 0 amide bonds. The second-order valence-corrected chi connectivity index (χ2v) is 4.78. The third-order valence-electron chi connectivity index (χ3n) is 3.01. The molecule has 0 radical (unpaired) electrons. The van der Waals surface area contributed by atoms with Crippen molar-refractivity contribution in [3.63, 3.8) is 0 Å². The molecule has 20 heavy (non-hydrogen) atoms. The Kier molecular flexibility index (Phi) is 5.92. The van der Waals surface area contributed by atoms with E-state index in [4.69, 9.17) is 0 Å². The maximum atomic E-state index is 13.8. The molecule has 0 saturated heterocycles. The minimum Gasteiger partial charge on any atom is -0.310 e. The van der Waals surface area contributed by atoms with Crippen LogP contribution in [0.25, 0.3) is 0 Å². The summed E-state index contributed by atoms with van der Waals surface area (Å²) in [7, 11) is 0. The van der Waals surface area contributed by atoms with Crippen LogP contribution < -0.4 is 5.32 Å². The fraction of sp³-hybridized carbons (Fsp3) is 0.571. The summed E-state index contributed by atoms with van der Waals surface area (Å²) in [6.07, 6.45) is -4.98. The molecule has 0 aliphatic heterocycles. The van der Waals surface area contributed by atoms with Gasteiger partial charge >= 0.3 is 6.18 Å². The van der Waals surface area contributed by atoms with E-state index in [-0.39, 0.29) is 17.5 Å². The van der Waals surface area contributed by atoms with Gasteiger partial charge in [0.15, 0.2) is 0 Å². The Balaban J connectivity index is 2.95. The Bertz CT molecular complexity index is 442. The maximum Gasteiger partial charge on any atom is 0.389 e. The van der Waals surface area contributed by atoms with Crippen LogP contribution in [0.15, 0.2) is 12.1 Å². The zero-order valence-electron chi connectivity index (χ0n) is 11.5. The number of hydrogen-bond donors (Lipinski definition) is 1. The van der Waals surface area contributed by atoms with Crippen molar-refractivity contribution in [2.75, 3.05) is 6.54 Å². The predicted octanol–water partition coefficient (Wildman–Crippen LogP) is 4.66. The Hall–Kier alpha value is -1.17. The molecule has 1 aromatic rings. The van der Waals surface area contributed by atoms with Gasteiger partial charge in [0.05, 0.1) is 0 Å². The van der Waals surface area contributed by atoms with E-state index in [1.807, 2.05) is 6.92 Å². The molecule has 0 bridgehead atoms. The van der Waals surface area contributed by atoms with Crippen LogP contribution in [-0.4, -0.2) is 12.7 Å². The highest BCUT2D eigenvalue weighted by Gasteiger charge is 2.29. The number of rotatable bonds is 6. The van der Waals surface area contributed by atoms with E-state index < -0.39 is 30.3 Å². The van der Waals surface area contributed by atoms with Gasteiger partial charge in [-0.25, -0.2) is 8.78 Å². The molecule has 0 heterocycles. The lowest BCUT2D eigenvalue weighted by Crippen LogP contribution is -2.25. The zero-order valence-corrected chi connectivity index (χ0v) is 11.5. The van der Waals surface area contributed by atoms with Crippen LogP contribution in [0.1, 0.15) is 43.4 Å². The molecule has 0 saturated carbocycles. The van der Waals surface area contributed by atoms with E-state index >= 15 is 0 Å². The molecular weight excluding hydrogens is 277 g/mol. The smallest absolute Gasteiger partial charge is 0.310 e. The monoisotopic (exact) mass is 295 g/mol. The minimum absolute atomic E-state index is 0.0502. The molecule has 0 fully saturated rings. The Morgan fingerprint density at radius 1 is 1.15 bits per heavy atom. The first-order valence-corrected chi connectivity index (χ1v) is 6.50. The maximum absolute atomic E-state index is 13.8. The van der Waals surface area contributed by atoms with Gasteiger partial charge in [-0.15, -0.1) is 0 Å². The normalized spacial score (nSPS) is 13.6. The van der Waals surface area contributed by atoms with E-state index in [1.54, 1.807) is 0 Å². The van der Waals surface area contributed by atoms with Gasteiger partial charge in [0.25, 0.3) is 0 Å². The molecule has 0 aliphatic carbocycles. The van der Waals surface area contributed by atoms with Crippen molar-refractivity contribution in [2.24, 2.45) is 0 Å². The van der Waals surface area contributed by atoms with Crippen LogP contribution in [0.2, 0.25) is 0 Å². The predicted molar refractivity (Wildman–Crippen MR) is 67.4 cm³/mol. The second-order valence-electron chi connectivity index (χ2n) is 4.78. The largest absolute Gasteiger partial charge is 0.389 e. The van der Waals surface area contributed by atoms with Crippen molar-refractivity contribution in [3.05, 3.63) is 34.9 Å². The molecule has 114 valence electrons. The van der Waals surface area contributed by atoms with Crippen LogP contribution in [-0.2, 0) is 0 Å². The molecule has 0 aromatic heterocycles. The van der Waals surface area contributed by atoms with Crippen molar-refractivity contribution < 1.29 is 22.0 Å². The number of alkyl halides is 3. The third kappa shape index (κ3) is 5.07. The average Bonchev–Trinajstić information content (AvgIpc) is 2.33. The summed E-state index contributed by atoms with van der Waals surface area (Å²) in [5.41, 5.74) is 0.0853. The molecule has 1 unspecified atom stereocenters. The topological polar surface area (TPSA) is 12.0 Å². The molecule has 1 rings (SSSR count). The summed E-state index contributed by atoms with van der Waals surface area (Å²) in [4.78, 5) is 0. The standard InChI is InChI=1S/C14H18F5N/c1-3-6-20-13(4-5-14(17,18)19)10-8-11(15)9(2)7-12(10)16/h7-8,13,20H,3-6H2,1-2H3. The van der Waals surface area contributed by atoms with Crippen molar-refractivity contribution in [3.8, 4) is 0 Å².